The molecule has 2 aromatic heterocycles. The number of aromatic nitrogens is 2. The van der Waals surface area contributed by atoms with Crippen LogP contribution in [0.25, 0.3) is 0 Å². The van der Waals surface area contributed by atoms with E-state index in [2.05, 4.69) is 10.4 Å². The number of hydrogen-bond acceptors (Lipinski definition) is 5. The Morgan fingerprint density at radius 2 is 1.93 bits per heavy atom. The first-order chi connectivity index (χ1) is 12.6. The summed E-state index contributed by atoms with van der Waals surface area (Å²) in [6, 6.07) is 3.38. The molecule has 2 aromatic rings. The predicted molar refractivity (Wildman–Crippen MR) is 101 cm³/mol. The van der Waals surface area contributed by atoms with E-state index in [1.165, 1.54) is 6.26 Å². The minimum atomic E-state index is -0.113. The Morgan fingerprint density at radius 3 is 2.56 bits per heavy atom. The van der Waals surface area contributed by atoms with Gasteiger partial charge in [0, 0.05) is 58.4 Å². The number of aryl methyl sites for hydroxylation is 1. The zero-order valence-corrected chi connectivity index (χ0v) is 16.0. The number of carbonyl (C=O) groups is 2. The Morgan fingerprint density at radius 1 is 1.19 bits per heavy atom. The van der Waals surface area contributed by atoms with Crippen molar-refractivity contribution in [3.63, 3.8) is 0 Å². The van der Waals surface area contributed by atoms with Crippen molar-refractivity contribution in [3.05, 3.63) is 42.1 Å². The summed E-state index contributed by atoms with van der Waals surface area (Å²) in [4.78, 5) is 29.0. The van der Waals surface area contributed by atoms with Crippen molar-refractivity contribution >= 4 is 24.2 Å². The van der Waals surface area contributed by atoms with Crippen LogP contribution in [-0.4, -0.2) is 70.7 Å². The minimum absolute atomic E-state index is 0. The summed E-state index contributed by atoms with van der Waals surface area (Å²) >= 11 is 0. The highest BCUT2D eigenvalue weighted by atomic mass is 35.5. The summed E-state index contributed by atoms with van der Waals surface area (Å²) in [5, 5.41) is 7.57. The molecule has 0 aliphatic carbocycles. The maximum atomic E-state index is 13.0. The Hall–Kier alpha value is -2.32. The van der Waals surface area contributed by atoms with Crippen LogP contribution in [0.3, 0.4) is 0 Å². The molecule has 27 heavy (non-hydrogen) atoms. The number of amides is 2. The van der Waals surface area contributed by atoms with Crippen LogP contribution in [0.2, 0.25) is 0 Å². The van der Waals surface area contributed by atoms with E-state index in [0.717, 1.165) is 12.1 Å². The number of nitrogens with one attached hydrogen (secondary N) is 1. The standard InChI is InChI=1S/C18H23N5O3.ClH/c1-21-12-13(9-20-21)14-10-19-11-15(14)17(24)22-4-6-23(7-5-22)18(25)16-3-2-8-26-16;/h2-3,8-9,12,14-15,19H,4-7,10-11H2,1H3;1H/t14-,15+;/m1./s1. The molecule has 0 saturated carbocycles. The van der Waals surface area contributed by atoms with Crippen molar-refractivity contribution in [1.82, 2.24) is 24.9 Å². The number of hydrogen-bond donors (Lipinski definition) is 1. The monoisotopic (exact) mass is 393 g/mol. The molecule has 2 saturated heterocycles. The molecular formula is C18H24ClN5O3. The smallest absolute Gasteiger partial charge is 0.289 e. The van der Waals surface area contributed by atoms with E-state index in [0.29, 0.717) is 38.5 Å². The molecular weight excluding hydrogens is 370 g/mol. The van der Waals surface area contributed by atoms with E-state index in [-0.39, 0.29) is 36.1 Å². The number of piperazine rings is 1. The molecule has 146 valence electrons. The average Bonchev–Trinajstić information content (AvgIpc) is 3.41. The quantitative estimate of drug-likeness (QED) is 0.830. The third-order valence-electron chi connectivity index (χ3n) is 5.29. The van der Waals surface area contributed by atoms with Gasteiger partial charge < -0.3 is 19.5 Å². The number of nitrogens with zero attached hydrogens (tertiary/aromatic N) is 4. The summed E-state index contributed by atoms with van der Waals surface area (Å²) < 4.78 is 6.95. The lowest BCUT2D eigenvalue weighted by molar-refractivity contribution is -0.136. The Kier molecular flexibility index (Phi) is 5.86. The molecule has 4 rings (SSSR count). The molecule has 8 nitrogen and oxygen atoms in total. The van der Waals surface area contributed by atoms with E-state index >= 15 is 0 Å². The highest BCUT2D eigenvalue weighted by Gasteiger charge is 2.38. The van der Waals surface area contributed by atoms with Gasteiger partial charge in [-0.05, 0) is 17.7 Å². The maximum Gasteiger partial charge on any atom is 0.289 e. The zero-order chi connectivity index (χ0) is 18.1. The summed E-state index contributed by atoms with van der Waals surface area (Å²) in [6.45, 7) is 3.65. The van der Waals surface area contributed by atoms with Crippen molar-refractivity contribution in [2.45, 2.75) is 5.92 Å². The fourth-order valence-corrected chi connectivity index (χ4v) is 3.84. The van der Waals surface area contributed by atoms with E-state index in [1.54, 1.807) is 21.7 Å². The van der Waals surface area contributed by atoms with Gasteiger partial charge in [-0.3, -0.25) is 14.3 Å². The molecule has 2 aliphatic heterocycles. The fraction of sp³-hybridized carbons (Fsp3) is 0.500. The molecule has 1 N–H and O–H groups in total. The van der Waals surface area contributed by atoms with Crippen LogP contribution in [0.1, 0.15) is 22.0 Å². The summed E-state index contributed by atoms with van der Waals surface area (Å²) in [6.07, 6.45) is 5.33. The van der Waals surface area contributed by atoms with Gasteiger partial charge in [0.2, 0.25) is 5.91 Å². The van der Waals surface area contributed by atoms with Crippen LogP contribution in [0.15, 0.2) is 35.2 Å². The summed E-state index contributed by atoms with van der Waals surface area (Å²) in [5.41, 5.74) is 1.10. The molecule has 2 atom stereocenters. The number of furan rings is 1. The second-order valence-electron chi connectivity index (χ2n) is 6.91. The fourth-order valence-electron chi connectivity index (χ4n) is 3.84. The topological polar surface area (TPSA) is 83.6 Å². The molecule has 9 heteroatoms. The Bertz CT molecular complexity index is 783. The van der Waals surface area contributed by atoms with Gasteiger partial charge in [0.15, 0.2) is 5.76 Å². The summed E-state index contributed by atoms with van der Waals surface area (Å²) in [7, 11) is 1.89. The second kappa shape index (κ2) is 8.14. The minimum Gasteiger partial charge on any atom is -0.459 e. The number of rotatable bonds is 3. The van der Waals surface area contributed by atoms with Crippen molar-refractivity contribution in [2.75, 3.05) is 39.3 Å². The highest BCUT2D eigenvalue weighted by molar-refractivity contribution is 5.91. The molecule has 2 aliphatic rings. The SMILES string of the molecule is Cl.Cn1cc([C@H]2CNC[C@@H]2C(=O)N2CCN(C(=O)c3ccco3)CC2)cn1. The van der Waals surface area contributed by atoms with Crippen molar-refractivity contribution in [2.24, 2.45) is 13.0 Å². The molecule has 0 spiro atoms. The van der Waals surface area contributed by atoms with Gasteiger partial charge in [-0.25, -0.2) is 0 Å². The van der Waals surface area contributed by atoms with Gasteiger partial charge in [0.25, 0.3) is 5.91 Å². The van der Waals surface area contributed by atoms with Gasteiger partial charge in [-0.1, -0.05) is 0 Å². The zero-order valence-electron chi connectivity index (χ0n) is 15.2. The van der Waals surface area contributed by atoms with Gasteiger partial charge in [0.1, 0.15) is 0 Å². The van der Waals surface area contributed by atoms with Crippen LogP contribution >= 0.6 is 12.4 Å². The third-order valence-corrected chi connectivity index (χ3v) is 5.29. The Labute approximate surface area is 163 Å². The molecule has 0 bridgehead atoms. The van der Waals surface area contributed by atoms with Crippen LogP contribution in [-0.2, 0) is 11.8 Å². The lowest BCUT2D eigenvalue weighted by Crippen LogP contribution is -2.52. The molecule has 0 aromatic carbocycles. The van der Waals surface area contributed by atoms with Gasteiger partial charge in [0.05, 0.1) is 18.4 Å². The van der Waals surface area contributed by atoms with Crippen LogP contribution in [0, 0.1) is 5.92 Å². The first-order valence-corrected chi connectivity index (χ1v) is 8.94. The van der Waals surface area contributed by atoms with E-state index in [1.807, 2.05) is 24.3 Å². The number of carbonyl (C=O) groups excluding carboxylic acids is 2. The van der Waals surface area contributed by atoms with E-state index in [4.69, 9.17) is 4.42 Å². The van der Waals surface area contributed by atoms with Gasteiger partial charge in [-0.15, -0.1) is 12.4 Å². The van der Waals surface area contributed by atoms with Crippen molar-refractivity contribution in [1.29, 1.82) is 0 Å². The first-order valence-electron chi connectivity index (χ1n) is 8.94. The Balaban J connectivity index is 0.00000210. The normalized spacial score (nSPS) is 22.6. The lowest BCUT2D eigenvalue weighted by Gasteiger charge is -2.36. The van der Waals surface area contributed by atoms with Gasteiger partial charge >= 0.3 is 0 Å². The first kappa shape index (κ1) is 19.4. The molecule has 2 amide bonds. The highest BCUT2D eigenvalue weighted by Crippen LogP contribution is 2.29. The third kappa shape index (κ3) is 3.86. The maximum absolute atomic E-state index is 13.0. The molecule has 0 radical (unpaired) electrons. The summed E-state index contributed by atoms with van der Waals surface area (Å²) in [5.74, 6) is 0.471. The largest absolute Gasteiger partial charge is 0.459 e. The van der Waals surface area contributed by atoms with Crippen molar-refractivity contribution < 1.29 is 14.0 Å². The average molecular weight is 394 g/mol. The second-order valence-corrected chi connectivity index (χ2v) is 6.91. The van der Waals surface area contributed by atoms with Crippen LogP contribution in [0.5, 0.6) is 0 Å². The molecule has 0 unspecified atom stereocenters. The van der Waals surface area contributed by atoms with Crippen LogP contribution < -0.4 is 5.32 Å². The van der Waals surface area contributed by atoms with Crippen molar-refractivity contribution in [3.8, 4) is 0 Å². The van der Waals surface area contributed by atoms with Crippen LogP contribution in [0.4, 0.5) is 0 Å². The lowest BCUT2D eigenvalue weighted by atomic mass is 9.89. The van der Waals surface area contributed by atoms with E-state index < -0.39 is 0 Å². The predicted octanol–water partition coefficient (Wildman–Crippen LogP) is 0.722. The molecule has 2 fully saturated rings. The van der Waals surface area contributed by atoms with E-state index in [9.17, 15) is 9.59 Å². The molecule has 4 heterocycles. The van der Waals surface area contributed by atoms with Gasteiger partial charge in [-0.2, -0.15) is 5.10 Å². The number of halogens is 1.